The van der Waals surface area contributed by atoms with Gasteiger partial charge < -0.3 is 15.0 Å². The van der Waals surface area contributed by atoms with Crippen LogP contribution in [-0.4, -0.2) is 31.2 Å². The molecule has 0 radical (unpaired) electrons. The van der Waals surface area contributed by atoms with Crippen LogP contribution in [-0.2, 0) is 4.79 Å². The maximum atomic E-state index is 12.4. The molecule has 0 unspecified atom stereocenters. The van der Waals surface area contributed by atoms with Gasteiger partial charge in [-0.3, -0.25) is 15.6 Å². The van der Waals surface area contributed by atoms with Crippen molar-refractivity contribution in [3.63, 3.8) is 0 Å². The number of benzene rings is 2. The Balaban J connectivity index is 1.45. The van der Waals surface area contributed by atoms with Crippen LogP contribution in [0.3, 0.4) is 0 Å². The summed E-state index contributed by atoms with van der Waals surface area (Å²) in [7, 11) is 1.60. The summed E-state index contributed by atoms with van der Waals surface area (Å²) in [4.78, 5) is 14.7. The third-order valence-corrected chi connectivity index (χ3v) is 5.21. The summed E-state index contributed by atoms with van der Waals surface area (Å²) >= 11 is 11.3. The van der Waals surface area contributed by atoms with E-state index in [0.717, 1.165) is 37.3 Å². The van der Waals surface area contributed by atoms with Crippen LogP contribution in [0.2, 0.25) is 5.02 Å². The fourth-order valence-electron chi connectivity index (χ4n) is 3.15. The lowest BCUT2D eigenvalue weighted by Crippen LogP contribution is -2.48. The molecule has 3 rings (SSSR count). The second kappa shape index (κ2) is 9.61. The van der Waals surface area contributed by atoms with Crippen molar-refractivity contribution in [1.82, 2.24) is 10.9 Å². The minimum atomic E-state index is -0.0579. The Morgan fingerprint density at radius 1 is 1.14 bits per heavy atom. The van der Waals surface area contributed by atoms with Crippen LogP contribution in [0.1, 0.15) is 12.8 Å². The van der Waals surface area contributed by atoms with E-state index in [9.17, 15) is 4.79 Å². The highest BCUT2D eigenvalue weighted by molar-refractivity contribution is 7.80. The van der Waals surface area contributed by atoms with E-state index in [4.69, 9.17) is 28.6 Å². The molecule has 6 nitrogen and oxygen atoms in total. The number of hydrogen-bond acceptors (Lipinski definition) is 4. The molecule has 1 fully saturated rings. The molecule has 0 spiro atoms. The average Bonchev–Trinajstić information content (AvgIpc) is 2.73. The summed E-state index contributed by atoms with van der Waals surface area (Å²) in [5.74, 6) is 0.547. The first-order valence-corrected chi connectivity index (χ1v) is 9.86. The van der Waals surface area contributed by atoms with Crippen molar-refractivity contribution in [1.29, 1.82) is 0 Å². The Hall–Kier alpha value is -2.51. The predicted octanol–water partition coefficient (Wildman–Crippen LogP) is 3.58. The molecule has 8 heteroatoms. The van der Waals surface area contributed by atoms with Crippen LogP contribution in [0.4, 0.5) is 11.4 Å². The Labute approximate surface area is 175 Å². The predicted molar refractivity (Wildman–Crippen MR) is 117 cm³/mol. The highest BCUT2D eigenvalue weighted by atomic mass is 35.5. The maximum absolute atomic E-state index is 12.4. The molecule has 3 N–H and O–H groups in total. The third-order valence-electron chi connectivity index (χ3n) is 4.70. The summed E-state index contributed by atoms with van der Waals surface area (Å²) in [6, 6.07) is 15.3. The molecule has 0 saturated carbocycles. The Morgan fingerprint density at radius 2 is 1.86 bits per heavy atom. The lowest BCUT2D eigenvalue weighted by molar-refractivity contribution is -0.126. The molecule has 1 saturated heterocycles. The highest BCUT2D eigenvalue weighted by Crippen LogP contribution is 2.31. The number of halogens is 1. The zero-order chi connectivity index (χ0) is 19.9. The summed E-state index contributed by atoms with van der Waals surface area (Å²) in [5, 5.41) is 3.96. The monoisotopic (exact) mass is 418 g/mol. The van der Waals surface area contributed by atoms with Crippen molar-refractivity contribution in [2.45, 2.75) is 12.8 Å². The molecule has 0 aliphatic carbocycles. The van der Waals surface area contributed by atoms with Gasteiger partial charge in [-0.15, -0.1) is 0 Å². The van der Waals surface area contributed by atoms with Crippen molar-refractivity contribution >= 4 is 46.2 Å². The number of amides is 1. The first kappa shape index (κ1) is 20.2. The molecule has 0 atom stereocenters. The Morgan fingerprint density at radius 3 is 2.54 bits per heavy atom. The molecule has 148 valence electrons. The SMILES string of the molecule is COc1cc(N2CCC(C(=O)NNC(=S)Nc3ccccc3)CC2)ccc1Cl. The van der Waals surface area contributed by atoms with Gasteiger partial charge in [0.05, 0.1) is 12.1 Å². The maximum Gasteiger partial charge on any atom is 0.241 e. The van der Waals surface area contributed by atoms with Gasteiger partial charge in [0.2, 0.25) is 5.91 Å². The number of carbonyl (C=O) groups is 1. The second-order valence-electron chi connectivity index (χ2n) is 6.51. The van der Waals surface area contributed by atoms with E-state index in [1.165, 1.54) is 0 Å². The first-order chi connectivity index (χ1) is 13.6. The van der Waals surface area contributed by atoms with Crippen LogP contribution in [0.15, 0.2) is 48.5 Å². The van der Waals surface area contributed by atoms with Gasteiger partial charge >= 0.3 is 0 Å². The van der Waals surface area contributed by atoms with E-state index >= 15 is 0 Å². The lowest BCUT2D eigenvalue weighted by Gasteiger charge is -2.33. The fourth-order valence-corrected chi connectivity index (χ4v) is 3.51. The lowest BCUT2D eigenvalue weighted by atomic mass is 9.96. The van der Waals surface area contributed by atoms with Crippen LogP contribution in [0, 0.1) is 5.92 Å². The van der Waals surface area contributed by atoms with Crippen molar-refractivity contribution in [2.75, 3.05) is 30.4 Å². The van der Waals surface area contributed by atoms with Gasteiger partial charge in [-0.25, -0.2) is 0 Å². The van der Waals surface area contributed by atoms with E-state index in [-0.39, 0.29) is 11.8 Å². The number of hydrazine groups is 1. The fraction of sp³-hybridized carbons (Fsp3) is 0.300. The number of rotatable bonds is 4. The molecule has 28 heavy (non-hydrogen) atoms. The smallest absolute Gasteiger partial charge is 0.241 e. The number of thiocarbonyl (C=S) groups is 1. The zero-order valence-electron chi connectivity index (χ0n) is 15.6. The minimum Gasteiger partial charge on any atom is -0.495 e. The van der Waals surface area contributed by atoms with Crippen LogP contribution in [0.25, 0.3) is 0 Å². The van der Waals surface area contributed by atoms with E-state index < -0.39 is 0 Å². The number of carbonyl (C=O) groups excluding carboxylic acids is 1. The summed E-state index contributed by atoms with van der Waals surface area (Å²) < 4.78 is 5.28. The number of nitrogens with zero attached hydrogens (tertiary/aromatic N) is 1. The average molecular weight is 419 g/mol. The quantitative estimate of drug-likeness (QED) is 0.521. The van der Waals surface area contributed by atoms with Crippen LogP contribution < -0.4 is 25.8 Å². The van der Waals surface area contributed by atoms with Gasteiger partial charge in [0.15, 0.2) is 5.11 Å². The van der Waals surface area contributed by atoms with E-state index in [0.29, 0.717) is 15.9 Å². The molecule has 1 amide bonds. The summed E-state index contributed by atoms with van der Waals surface area (Å²) in [6.07, 6.45) is 1.52. The van der Waals surface area contributed by atoms with Gasteiger partial charge in [0, 0.05) is 36.4 Å². The van der Waals surface area contributed by atoms with E-state index in [2.05, 4.69) is 21.1 Å². The Bertz CT molecular complexity index is 826. The van der Waals surface area contributed by atoms with Gasteiger partial charge in [-0.05, 0) is 49.3 Å². The van der Waals surface area contributed by atoms with Crippen molar-refractivity contribution in [3.05, 3.63) is 53.6 Å². The first-order valence-electron chi connectivity index (χ1n) is 9.07. The van der Waals surface area contributed by atoms with Gasteiger partial charge in [-0.1, -0.05) is 29.8 Å². The second-order valence-corrected chi connectivity index (χ2v) is 7.33. The molecule has 2 aromatic rings. The standard InChI is InChI=1S/C20H23ClN4O2S/c1-27-18-13-16(7-8-17(18)21)25-11-9-14(10-12-25)19(26)23-24-20(28)22-15-5-3-2-4-6-15/h2-8,13-14H,9-12H2,1H3,(H,23,26)(H2,22,24,28). The van der Waals surface area contributed by atoms with Crippen molar-refractivity contribution in [2.24, 2.45) is 5.92 Å². The molecule has 1 aliphatic rings. The van der Waals surface area contributed by atoms with Crippen molar-refractivity contribution in [3.8, 4) is 5.75 Å². The highest BCUT2D eigenvalue weighted by Gasteiger charge is 2.25. The molecule has 1 heterocycles. The van der Waals surface area contributed by atoms with Gasteiger partial charge in [0.25, 0.3) is 0 Å². The van der Waals surface area contributed by atoms with Gasteiger partial charge in [-0.2, -0.15) is 0 Å². The molecule has 0 aromatic heterocycles. The van der Waals surface area contributed by atoms with Gasteiger partial charge in [0.1, 0.15) is 5.75 Å². The molecule has 0 bridgehead atoms. The number of ether oxygens (including phenoxy) is 1. The minimum absolute atomic E-state index is 0.0504. The van der Waals surface area contributed by atoms with Crippen LogP contribution >= 0.6 is 23.8 Å². The summed E-state index contributed by atoms with van der Waals surface area (Å²) in [6.45, 7) is 1.57. The molecule has 1 aliphatic heterocycles. The number of hydrogen-bond donors (Lipinski definition) is 3. The molecule has 2 aromatic carbocycles. The Kier molecular flexibility index (Phi) is 6.95. The zero-order valence-corrected chi connectivity index (χ0v) is 17.1. The number of para-hydroxylation sites is 1. The van der Waals surface area contributed by atoms with Crippen molar-refractivity contribution < 1.29 is 9.53 Å². The largest absolute Gasteiger partial charge is 0.495 e. The number of nitrogens with one attached hydrogen (secondary N) is 3. The third kappa shape index (κ3) is 5.27. The van der Waals surface area contributed by atoms with E-state index in [1.807, 2.05) is 48.5 Å². The topological polar surface area (TPSA) is 65.6 Å². The number of methoxy groups -OCH3 is 1. The number of piperidine rings is 1. The summed E-state index contributed by atoms with van der Waals surface area (Å²) in [5.41, 5.74) is 7.38. The molecular formula is C20H23ClN4O2S. The van der Waals surface area contributed by atoms with E-state index in [1.54, 1.807) is 7.11 Å². The van der Waals surface area contributed by atoms with Crippen LogP contribution in [0.5, 0.6) is 5.75 Å². The normalized spacial score (nSPS) is 14.3. The molecular weight excluding hydrogens is 396 g/mol. The number of anilines is 2.